The highest BCUT2D eigenvalue weighted by Gasteiger charge is 2.28. The Bertz CT molecular complexity index is 496. The van der Waals surface area contributed by atoms with E-state index in [1.165, 1.54) is 0 Å². The highest BCUT2D eigenvalue weighted by Crippen LogP contribution is 2.25. The van der Waals surface area contributed by atoms with Crippen LogP contribution in [0.2, 0.25) is 0 Å². The van der Waals surface area contributed by atoms with Gasteiger partial charge in [0.1, 0.15) is 0 Å². The molecular weight excluding hydrogens is 369 g/mol. The van der Waals surface area contributed by atoms with Gasteiger partial charge in [0.15, 0.2) is 5.84 Å². The molecule has 0 atom stereocenters. The van der Waals surface area contributed by atoms with Gasteiger partial charge in [-0.15, -0.1) is 0 Å². The van der Waals surface area contributed by atoms with E-state index in [-0.39, 0.29) is 24.3 Å². The van der Waals surface area contributed by atoms with Crippen LogP contribution in [0.3, 0.4) is 0 Å². The molecule has 0 aliphatic heterocycles. The molecule has 0 saturated heterocycles. The molecule has 5 nitrogen and oxygen atoms in total. The Morgan fingerprint density at radius 3 is 2.50 bits per heavy atom. The van der Waals surface area contributed by atoms with E-state index in [4.69, 9.17) is 10.9 Å². The lowest BCUT2D eigenvalue weighted by Gasteiger charge is -2.28. The second-order valence-corrected chi connectivity index (χ2v) is 6.22. The molecule has 1 aliphatic rings. The smallest absolute Gasteiger partial charge is 0.254 e. The van der Waals surface area contributed by atoms with E-state index in [2.05, 4.69) is 27.7 Å². The molecule has 1 aromatic rings. The van der Waals surface area contributed by atoms with Crippen LogP contribution in [0.1, 0.15) is 36.0 Å². The van der Waals surface area contributed by atoms with Crippen molar-refractivity contribution in [2.75, 3.05) is 6.54 Å². The van der Waals surface area contributed by atoms with E-state index in [0.29, 0.717) is 5.56 Å². The van der Waals surface area contributed by atoms with Crippen LogP contribution in [-0.4, -0.2) is 34.4 Å². The van der Waals surface area contributed by atoms with Gasteiger partial charge in [-0.1, -0.05) is 18.0 Å². The van der Waals surface area contributed by atoms with Crippen LogP contribution in [0.15, 0.2) is 29.4 Å². The highest BCUT2D eigenvalue weighted by atomic mass is 127. The molecule has 1 aliphatic carbocycles. The first-order chi connectivity index (χ1) is 9.61. The van der Waals surface area contributed by atoms with Crippen LogP contribution in [-0.2, 0) is 0 Å². The number of amidine groups is 1. The maximum atomic E-state index is 12.6. The zero-order valence-corrected chi connectivity index (χ0v) is 13.3. The average molecular weight is 387 g/mol. The maximum Gasteiger partial charge on any atom is 0.254 e. The van der Waals surface area contributed by atoms with E-state index in [0.717, 1.165) is 29.3 Å². The number of benzene rings is 1. The molecule has 1 amide bonds. The molecular formula is C14H18IN3O2. The Hall–Kier alpha value is -1.31. The monoisotopic (exact) mass is 387 g/mol. The van der Waals surface area contributed by atoms with Crippen molar-refractivity contribution in [3.8, 4) is 0 Å². The molecule has 0 aromatic heterocycles. The van der Waals surface area contributed by atoms with Crippen LogP contribution in [0.5, 0.6) is 0 Å². The van der Waals surface area contributed by atoms with Crippen LogP contribution in [0.4, 0.5) is 0 Å². The summed E-state index contributed by atoms with van der Waals surface area (Å²) in [6.45, 7) is 0.173. The fourth-order valence-corrected chi connectivity index (χ4v) is 2.91. The number of rotatable bonds is 4. The van der Waals surface area contributed by atoms with Gasteiger partial charge in [0.2, 0.25) is 0 Å². The van der Waals surface area contributed by atoms with Gasteiger partial charge in [-0.25, -0.2) is 0 Å². The van der Waals surface area contributed by atoms with Crippen molar-refractivity contribution in [2.24, 2.45) is 10.9 Å². The Morgan fingerprint density at radius 2 is 1.95 bits per heavy atom. The summed E-state index contributed by atoms with van der Waals surface area (Å²) in [4.78, 5) is 14.4. The first-order valence-corrected chi connectivity index (χ1v) is 7.72. The Morgan fingerprint density at radius 1 is 1.35 bits per heavy atom. The molecule has 3 N–H and O–H groups in total. The van der Waals surface area contributed by atoms with Gasteiger partial charge < -0.3 is 15.8 Å². The first-order valence-electron chi connectivity index (χ1n) is 6.64. The minimum Gasteiger partial charge on any atom is -0.409 e. The summed E-state index contributed by atoms with van der Waals surface area (Å²) in [5.41, 5.74) is 6.23. The van der Waals surface area contributed by atoms with Gasteiger partial charge in [-0.3, -0.25) is 4.79 Å². The predicted octanol–water partition coefficient (Wildman–Crippen LogP) is 2.42. The number of halogens is 1. The number of nitrogens with zero attached hydrogens (tertiary/aromatic N) is 2. The van der Waals surface area contributed by atoms with E-state index < -0.39 is 0 Å². The summed E-state index contributed by atoms with van der Waals surface area (Å²) in [6, 6.07) is 7.63. The molecule has 0 bridgehead atoms. The van der Waals surface area contributed by atoms with Crippen LogP contribution in [0.25, 0.3) is 0 Å². The van der Waals surface area contributed by atoms with Crippen LogP contribution in [0, 0.1) is 3.57 Å². The van der Waals surface area contributed by atoms with Gasteiger partial charge in [0.25, 0.3) is 5.91 Å². The number of hydrogen-bond donors (Lipinski definition) is 2. The molecule has 1 saturated carbocycles. The summed E-state index contributed by atoms with van der Waals surface area (Å²) < 4.78 is 1.09. The fourth-order valence-electron chi connectivity index (χ4n) is 2.55. The third-order valence-electron chi connectivity index (χ3n) is 3.58. The van der Waals surface area contributed by atoms with E-state index >= 15 is 0 Å². The average Bonchev–Trinajstić information content (AvgIpc) is 2.98. The van der Waals surface area contributed by atoms with Gasteiger partial charge >= 0.3 is 0 Å². The quantitative estimate of drug-likeness (QED) is 0.274. The van der Waals surface area contributed by atoms with Crippen molar-refractivity contribution in [2.45, 2.75) is 31.7 Å². The third-order valence-corrected chi connectivity index (χ3v) is 4.30. The second kappa shape index (κ2) is 6.92. The molecule has 2 rings (SSSR count). The summed E-state index contributed by atoms with van der Waals surface area (Å²) in [7, 11) is 0. The second-order valence-electron chi connectivity index (χ2n) is 4.97. The molecule has 0 spiro atoms. The zero-order chi connectivity index (χ0) is 14.5. The van der Waals surface area contributed by atoms with Gasteiger partial charge in [-0.2, -0.15) is 0 Å². The SMILES string of the molecule is NC(CN(C(=O)c1ccc(I)cc1)C1CCCC1)=NO. The van der Waals surface area contributed by atoms with Gasteiger partial charge in [-0.05, 0) is 59.7 Å². The Kier molecular flexibility index (Phi) is 5.22. The summed E-state index contributed by atoms with van der Waals surface area (Å²) >= 11 is 2.20. The predicted molar refractivity (Wildman–Crippen MR) is 85.9 cm³/mol. The molecule has 0 heterocycles. The van der Waals surface area contributed by atoms with Crippen molar-refractivity contribution >= 4 is 34.3 Å². The maximum absolute atomic E-state index is 12.6. The number of nitrogens with two attached hydrogens (primary N) is 1. The van der Waals surface area contributed by atoms with E-state index in [1.807, 2.05) is 24.3 Å². The van der Waals surface area contributed by atoms with E-state index in [9.17, 15) is 4.79 Å². The summed E-state index contributed by atoms with van der Waals surface area (Å²) in [5.74, 6) is 0.00987. The fraction of sp³-hybridized carbons (Fsp3) is 0.429. The Labute approximate surface area is 132 Å². The number of amides is 1. The molecule has 1 fully saturated rings. The lowest BCUT2D eigenvalue weighted by molar-refractivity contribution is 0.0712. The molecule has 108 valence electrons. The van der Waals surface area contributed by atoms with Crippen molar-refractivity contribution in [3.05, 3.63) is 33.4 Å². The van der Waals surface area contributed by atoms with Crippen LogP contribution >= 0.6 is 22.6 Å². The highest BCUT2D eigenvalue weighted by molar-refractivity contribution is 14.1. The third kappa shape index (κ3) is 3.62. The van der Waals surface area contributed by atoms with Gasteiger partial charge in [0, 0.05) is 15.2 Å². The molecule has 0 radical (unpaired) electrons. The lowest BCUT2D eigenvalue weighted by atomic mass is 10.1. The van der Waals surface area contributed by atoms with Crippen LogP contribution < -0.4 is 5.73 Å². The van der Waals surface area contributed by atoms with Crippen molar-refractivity contribution < 1.29 is 10.0 Å². The molecule has 20 heavy (non-hydrogen) atoms. The zero-order valence-electron chi connectivity index (χ0n) is 11.1. The number of oxime groups is 1. The summed E-state index contributed by atoms with van der Waals surface area (Å²) in [6.07, 6.45) is 4.21. The van der Waals surface area contributed by atoms with Gasteiger partial charge in [0.05, 0.1) is 6.54 Å². The number of hydrogen-bond acceptors (Lipinski definition) is 3. The minimum absolute atomic E-state index is 0.0556. The molecule has 1 aromatic carbocycles. The lowest BCUT2D eigenvalue weighted by Crippen LogP contribution is -2.44. The minimum atomic E-state index is -0.0556. The summed E-state index contributed by atoms with van der Waals surface area (Å²) in [5, 5.41) is 11.7. The topological polar surface area (TPSA) is 78.9 Å². The standard InChI is InChI=1S/C14H18IN3O2/c15-11-7-5-10(6-8-11)14(19)18(9-13(16)17-20)12-3-1-2-4-12/h5-8,12,20H,1-4,9H2,(H2,16,17). The largest absolute Gasteiger partial charge is 0.409 e. The number of carbonyl (C=O) groups excluding carboxylic acids is 1. The molecule has 0 unspecified atom stereocenters. The molecule has 6 heteroatoms. The van der Waals surface area contributed by atoms with Crippen molar-refractivity contribution in [1.29, 1.82) is 0 Å². The Balaban J connectivity index is 2.20. The first kappa shape index (κ1) is 15.1. The van der Waals surface area contributed by atoms with E-state index in [1.54, 1.807) is 4.90 Å². The van der Waals surface area contributed by atoms with Crippen molar-refractivity contribution in [1.82, 2.24) is 4.90 Å². The normalized spacial score (nSPS) is 16.4. The number of carbonyl (C=O) groups is 1. The van der Waals surface area contributed by atoms with Crippen molar-refractivity contribution in [3.63, 3.8) is 0 Å².